The van der Waals surface area contributed by atoms with Crippen LogP contribution in [-0.2, 0) is 0 Å². The quantitative estimate of drug-likeness (QED) is 0.536. The molecule has 1 rings (SSSR count). The average Bonchev–Trinajstić information content (AvgIpc) is 2.05. The van der Waals surface area contributed by atoms with E-state index in [0.717, 1.165) is 18.2 Å². The summed E-state index contributed by atoms with van der Waals surface area (Å²) in [7, 11) is 0. The maximum absolute atomic E-state index is 12.2. The van der Waals surface area contributed by atoms with Crippen molar-refractivity contribution in [3.05, 3.63) is 23.8 Å². The zero-order valence-electron chi connectivity index (χ0n) is 8.68. The number of aryl methyl sites for hydroxylation is 1. The zero-order chi connectivity index (χ0) is 11.6. The molecule has 1 aromatic rings. The van der Waals surface area contributed by atoms with E-state index in [9.17, 15) is 21.7 Å². The molecule has 0 atom stereocenters. The second kappa shape index (κ2) is 6.34. The molecule has 0 amide bonds. The number of hydrogen-bond donors (Lipinski definition) is 0. The maximum Gasteiger partial charge on any atom is 1.00 e. The second-order valence-electron chi connectivity index (χ2n) is 2.98. The van der Waals surface area contributed by atoms with Crippen LogP contribution in [0.5, 0.6) is 5.75 Å². The van der Waals surface area contributed by atoms with Crippen molar-refractivity contribution >= 4 is 12.4 Å². The maximum atomic E-state index is 12.2. The largest absolute Gasteiger partial charge is 1.00 e. The van der Waals surface area contributed by atoms with Crippen LogP contribution in [0.15, 0.2) is 18.2 Å². The Labute approximate surface area is 132 Å². The Morgan fingerprint density at radius 3 is 2.12 bits per heavy atom. The Kier molecular flexibility index (Phi) is 6.49. The minimum atomic E-state index is -5.10. The van der Waals surface area contributed by atoms with Crippen LogP contribution in [0.25, 0.3) is 0 Å². The third kappa shape index (κ3) is 4.70. The van der Waals surface area contributed by atoms with Crippen molar-refractivity contribution in [3.8, 4) is 5.75 Å². The van der Waals surface area contributed by atoms with Crippen LogP contribution in [0.3, 0.4) is 0 Å². The Bertz CT molecular complexity index is 355. The predicted molar refractivity (Wildman–Crippen MR) is 46.5 cm³/mol. The Balaban J connectivity index is 0.00000225. The Hall–Kier alpha value is 0.371. The molecule has 84 valence electrons. The molecule has 0 aliphatic rings. The summed E-state index contributed by atoms with van der Waals surface area (Å²) < 4.78 is 64.3. The summed E-state index contributed by atoms with van der Waals surface area (Å²) in [6.45, 7) is -6.86. The van der Waals surface area contributed by atoms with Gasteiger partial charge in [0, 0.05) is 0 Å². The third-order valence-electron chi connectivity index (χ3n) is 1.79. The molecule has 0 saturated heterocycles. The first kappa shape index (κ1) is 16.4. The second-order valence-corrected chi connectivity index (χ2v) is 2.98. The molecule has 0 aromatic heterocycles. The molecule has 0 bridgehead atoms. The van der Waals surface area contributed by atoms with Crippen molar-refractivity contribution in [2.45, 2.75) is 13.5 Å². The summed E-state index contributed by atoms with van der Waals surface area (Å²) in [4.78, 5) is 0. The van der Waals surface area contributed by atoms with Gasteiger partial charge in [-0.25, -0.2) is 0 Å². The summed E-state index contributed by atoms with van der Waals surface area (Å²) in [5.74, 6) is -0.242. The predicted octanol–water partition coefficient (Wildman–Crippen LogP) is -0.345. The van der Waals surface area contributed by atoms with E-state index in [1.54, 1.807) is 0 Å². The van der Waals surface area contributed by atoms with Crippen LogP contribution in [-0.4, -0.2) is 13.6 Å². The molecule has 0 unspecified atom stereocenters. The van der Waals surface area contributed by atoms with Crippen LogP contribution in [0.1, 0.15) is 5.56 Å². The molecule has 0 fully saturated rings. The van der Waals surface area contributed by atoms with Gasteiger partial charge in [0.05, 0.1) is 0 Å². The molecule has 0 aliphatic carbocycles. The first-order chi connectivity index (χ1) is 6.80. The summed E-state index contributed by atoms with van der Waals surface area (Å²) in [6.07, 6.45) is 0. The fraction of sp³-hybridized carbons (Fsp3) is 0.250. The molecule has 16 heavy (non-hydrogen) atoms. The topological polar surface area (TPSA) is 9.23 Å². The van der Waals surface area contributed by atoms with Gasteiger partial charge in [0.2, 0.25) is 0 Å². The Morgan fingerprint density at radius 1 is 1.19 bits per heavy atom. The number of benzene rings is 1. The average molecular weight is 264 g/mol. The van der Waals surface area contributed by atoms with Gasteiger partial charge in [0.25, 0.3) is 0 Å². The van der Waals surface area contributed by atoms with Crippen molar-refractivity contribution in [1.82, 2.24) is 0 Å². The van der Waals surface area contributed by atoms with Gasteiger partial charge in [-0.3, -0.25) is 0 Å². The SMILES string of the molecule is Cc1cc([B-](F)(F)F)ccc1OC(F)F.[K+]. The van der Waals surface area contributed by atoms with Gasteiger partial charge in [-0.05, 0) is 18.6 Å². The van der Waals surface area contributed by atoms with E-state index in [1.807, 2.05) is 0 Å². The first-order valence-electron chi connectivity index (χ1n) is 4.06. The van der Waals surface area contributed by atoms with E-state index in [1.165, 1.54) is 6.92 Å². The molecule has 8 heteroatoms. The van der Waals surface area contributed by atoms with E-state index >= 15 is 0 Å². The Morgan fingerprint density at radius 2 is 1.75 bits per heavy atom. The number of alkyl halides is 2. The summed E-state index contributed by atoms with van der Waals surface area (Å²) in [5.41, 5.74) is -0.791. The van der Waals surface area contributed by atoms with Gasteiger partial charge in [0.15, 0.2) is 0 Å². The third-order valence-corrected chi connectivity index (χ3v) is 1.79. The fourth-order valence-electron chi connectivity index (χ4n) is 1.10. The molecule has 0 radical (unpaired) electrons. The normalized spacial score (nSPS) is 11.2. The number of ether oxygens (including phenoxy) is 1. The number of halogens is 5. The monoisotopic (exact) mass is 264 g/mol. The number of hydrogen-bond acceptors (Lipinski definition) is 1. The van der Waals surface area contributed by atoms with Crippen LogP contribution >= 0.6 is 0 Å². The van der Waals surface area contributed by atoms with Crippen molar-refractivity contribution in [2.75, 3.05) is 0 Å². The van der Waals surface area contributed by atoms with Crippen molar-refractivity contribution < 1.29 is 77.8 Å². The molecule has 1 aromatic carbocycles. The molecule has 1 nitrogen and oxygen atoms in total. The van der Waals surface area contributed by atoms with Crippen LogP contribution in [0, 0.1) is 6.92 Å². The van der Waals surface area contributed by atoms with Gasteiger partial charge in [-0.2, -0.15) is 8.78 Å². The molecule has 0 N–H and O–H groups in total. The van der Waals surface area contributed by atoms with Gasteiger partial charge >= 0.3 is 65.0 Å². The van der Waals surface area contributed by atoms with E-state index in [-0.39, 0.29) is 62.7 Å². The molecule has 0 heterocycles. The van der Waals surface area contributed by atoms with Crippen molar-refractivity contribution in [2.24, 2.45) is 0 Å². The van der Waals surface area contributed by atoms with Gasteiger partial charge in [-0.15, -0.1) is 5.46 Å². The summed E-state index contributed by atoms with van der Waals surface area (Å²) >= 11 is 0. The molecule has 0 saturated carbocycles. The smallest absolute Gasteiger partial charge is 0.445 e. The van der Waals surface area contributed by atoms with E-state index < -0.39 is 19.1 Å². The molecular formula is C8H7BF5KO. The fourth-order valence-corrected chi connectivity index (χ4v) is 1.10. The minimum Gasteiger partial charge on any atom is -0.445 e. The molecule has 0 spiro atoms. The zero-order valence-corrected chi connectivity index (χ0v) is 11.8. The standard InChI is InChI=1S/C8H7BF5O.K/c1-5-4-6(9(12,13)14)2-3-7(5)15-8(10)11;/h2-4,8H,1H3;/q-1;+1. The molecule has 0 aliphatic heterocycles. The van der Waals surface area contributed by atoms with Crippen molar-refractivity contribution in [1.29, 1.82) is 0 Å². The van der Waals surface area contributed by atoms with E-state index in [2.05, 4.69) is 4.74 Å². The van der Waals surface area contributed by atoms with Gasteiger partial charge in [-0.1, -0.05) is 12.1 Å². The summed E-state index contributed by atoms with van der Waals surface area (Å²) in [6, 6.07) is 2.41. The van der Waals surface area contributed by atoms with Crippen LogP contribution in [0.2, 0.25) is 0 Å². The number of rotatable bonds is 3. The van der Waals surface area contributed by atoms with Crippen LogP contribution < -0.4 is 61.6 Å². The minimum absolute atomic E-state index is 0. The molecular weight excluding hydrogens is 257 g/mol. The van der Waals surface area contributed by atoms with Gasteiger partial charge in [0.1, 0.15) is 5.75 Å². The van der Waals surface area contributed by atoms with Crippen molar-refractivity contribution in [3.63, 3.8) is 0 Å². The first-order valence-corrected chi connectivity index (χ1v) is 4.06. The van der Waals surface area contributed by atoms with Crippen LogP contribution in [0.4, 0.5) is 21.7 Å². The van der Waals surface area contributed by atoms with Gasteiger partial charge < -0.3 is 17.7 Å². The summed E-state index contributed by atoms with van der Waals surface area (Å²) in [5, 5.41) is 0. The van der Waals surface area contributed by atoms with E-state index in [4.69, 9.17) is 0 Å². The van der Waals surface area contributed by atoms with E-state index in [0.29, 0.717) is 0 Å².